The summed E-state index contributed by atoms with van der Waals surface area (Å²) in [4.78, 5) is 41.7. The number of carbonyl (C=O) groups excluding carboxylic acids is 3. The molecular weight excluding hydrogens is 419 g/mol. The van der Waals surface area contributed by atoms with E-state index in [1.807, 2.05) is 18.7 Å². The summed E-state index contributed by atoms with van der Waals surface area (Å²) in [7, 11) is 0. The molecule has 0 aliphatic carbocycles. The van der Waals surface area contributed by atoms with E-state index in [2.05, 4.69) is 15.6 Å². The Bertz CT molecular complexity index is 910. The Kier molecular flexibility index (Phi) is 9.58. The van der Waals surface area contributed by atoms with Crippen molar-refractivity contribution < 1.29 is 18.8 Å². The lowest BCUT2D eigenvalue weighted by atomic mass is 10.1. The van der Waals surface area contributed by atoms with Gasteiger partial charge in [-0.2, -0.15) is 0 Å². The number of aromatic nitrogens is 1. The van der Waals surface area contributed by atoms with Crippen LogP contribution in [0.4, 0.5) is 15.2 Å². The summed E-state index contributed by atoms with van der Waals surface area (Å²) in [6.07, 6.45) is 2.84. The molecule has 0 saturated carbocycles. The molecule has 0 unspecified atom stereocenters. The number of hydrogen-bond acceptors (Lipinski definition) is 5. The van der Waals surface area contributed by atoms with Crippen molar-refractivity contribution in [2.75, 3.05) is 23.7 Å². The molecule has 1 heterocycles. The van der Waals surface area contributed by atoms with E-state index in [1.54, 1.807) is 11.4 Å². The second-order valence-electron chi connectivity index (χ2n) is 7.20. The molecule has 0 radical (unpaired) electrons. The third-order valence-electron chi connectivity index (χ3n) is 4.45. The van der Waals surface area contributed by atoms with Crippen LogP contribution in [0, 0.1) is 5.82 Å². The van der Waals surface area contributed by atoms with Gasteiger partial charge in [0.15, 0.2) is 5.13 Å². The van der Waals surface area contributed by atoms with Crippen molar-refractivity contribution in [3.8, 4) is 11.3 Å². The zero-order valence-corrected chi connectivity index (χ0v) is 19.0. The van der Waals surface area contributed by atoms with Crippen LogP contribution in [0.1, 0.15) is 52.9 Å². The maximum Gasteiger partial charge on any atom is 0.226 e. The number of hydrogen-bond donors (Lipinski definition) is 2. The zero-order chi connectivity index (χ0) is 22.8. The maximum atomic E-state index is 14.4. The fraction of sp³-hybridized carbons (Fsp3) is 0.455. The summed E-state index contributed by atoms with van der Waals surface area (Å²) < 4.78 is 14.4. The largest absolute Gasteiger partial charge is 0.343 e. The molecule has 0 atom stereocenters. The summed E-state index contributed by atoms with van der Waals surface area (Å²) in [6.45, 7) is 6.90. The normalized spacial score (nSPS) is 10.6. The third kappa shape index (κ3) is 7.75. The van der Waals surface area contributed by atoms with Gasteiger partial charge >= 0.3 is 0 Å². The minimum absolute atomic E-state index is 0.0752. The predicted molar refractivity (Wildman–Crippen MR) is 121 cm³/mol. The van der Waals surface area contributed by atoms with E-state index < -0.39 is 5.82 Å². The molecule has 9 heteroatoms. The fourth-order valence-electron chi connectivity index (χ4n) is 3.10. The summed E-state index contributed by atoms with van der Waals surface area (Å²) >= 11 is 1.20. The number of benzene rings is 1. The molecular formula is C22H29FN4O3S. The van der Waals surface area contributed by atoms with Gasteiger partial charge in [-0.3, -0.25) is 14.4 Å². The second-order valence-corrected chi connectivity index (χ2v) is 8.05. The predicted octanol–water partition coefficient (Wildman–Crippen LogP) is 4.67. The number of amides is 3. The molecule has 0 saturated heterocycles. The smallest absolute Gasteiger partial charge is 0.226 e. The molecule has 1 aromatic heterocycles. The molecule has 7 nitrogen and oxygen atoms in total. The van der Waals surface area contributed by atoms with E-state index in [1.165, 1.54) is 30.4 Å². The SMILES string of the molecule is CCCN(CCC)C(=O)CCCC(=O)Nc1nc(-c2ccc(NC(C)=O)cc2F)cs1. The van der Waals surface area contributed by atoms with Crippen molar-refractivity contribution in [1.82, 2.24) is 9.88 Å². The molecule has 0 bridgehead atoms. The molecule has 2 rings (SSSR count). The summed E-state index contributed by atoms with van der Waals surface area (Å²) in [6, 6.07) is 4.35. The molecule has 2 aromatic rings. The van der Waals surface area contributed by atoms with Gasteiger partial charge in [-0.1, -0.05) is 13.8 Å². The van der Waals surface area contributed by atoms with Gasteiger partial charge in [-0.25, -0.2) is 9.37 Å². The topological polar surface area (TPSA) is 91.4 Å². The van der Waals surface area contributed by atoms with Gasteiger partial charge in [0.25, 0.3) is 0 Å². The van der Waals surface area contributed by atoms with E-state index in [4.69, 9.17) is 0 Å². The quantitative estimate of drug-likeness (QED) is 0.523. The lowest BCUT2D eigenvalue weighted by Gasteiger charge is -2.21. The summed E-state index contributed by atoms with van der Waals surface area (Å²) in [5, 5.41) is 7.26. The Labute approximate surface area is 186 Å². The maximum absolute atomic E-state index is 14.4. The van der Waals surface area contributed by atoms with Gasteiger partial charge in [-0.15, -0.1) is 11.3 Å². The van der Waals surface area contributed by atoms with Crippen molar-refractivity contribution >= 4 is 39.9 Å². The average molecular weight is 449 g/mol. The first-order valence-corrected chi connectivity index (χ1v) is 11.3. The van der Waals surface area contributed by atoms with Crippen LogP contribution in [0.25, 0.3) is 11.3 Å². The molecule has 0 spiro atoms. The summed E-state index contributed by atoms with van der Waals surface area (Å²) in [5.41, 5.74) is 1.05. The van der Waals surface area contributed by atoms with E-state index in [0.29, 0.717) is 29.4 Å². The van der Waals surface area contributed by atoms with Crippen molar-refractivity contribution in [3.05, 3.63) is 29.4 Å². The highest BCUT2D eigenvalue weighted by molar-refractivity contribution is 7.14. The third-order valence-corrected chi connectivity index (χ3v) is 5.21. The molecule has 0 aliphatic heterocycles. The van der Waals surface area contributed by atoms with Gasteiger partial charge < -0.3 is 15.5 Å². The molecule has 168 valence electrons. The van der Waals surface area contributed by atoms with Crippen molar-refractivity contribution in [3.63, 3.8) is 0 Å². The van der Waals surface area contributed by atoms with Crippen LogP contribution in [0.3, 0.4) is 0 Å². The number of thiazole rings is 1. The van der Waals surface area contributed by atoms with Crippen LogP contribution in [-0.2, 0) is 14.4 Å². The molecule has 3 amide bonds. The Morgan fingerprint density at radius 2 is 1.81 bits per heavy atom. The van der Waals surface area contributed by atoms with E-state index in [9.17, 15) is 18.8 Å². The Morgan fingerprint density at radius 1 is 1.10 bits per heavy atom. The Morgan fingerprint density at radius 3 is 2.42 bits per heavy atom. The minimum Gasteiger partial charge on any atom is -0.343 e. The number of nitrogens with one attached hydrogen (secondary N) is 2. The highest BCUT2D eigenvalue weighted by atomic mass is 32.1. The van der Waals surface area contributed by atoms with Gasteiger partial charge in [0.05, 0.1) is 5.69 Å². The van der Waals surface area contributed by atoms with E-state index >= 15 is 0 Å². The van der Waals surface area contributed by atoms with Gasteiger partial charge in [0.1, 0.15) is 5.82 Å². The standard InChI is InChI=1S/C22H29FN4O3S/c1-4-11-27(12-5-2)21(30)8-6-7-20(29)26-22-25-19(14-31-22)17-10-9-16(13-18(17)23)24-15(3)28/h9-10,13-14H,4-8,11-12H2,1-3H3,(H,24,28)(H,25,26,29). The van der Waals surface area contributed by atoms with Crippen molar-refractivity contribution in [2.24, 2.45) is 0 Å². The Balaban J connectivity index is 1.88. The first-order valence-electron chi connectivity index (χ1n) is 10.4. The van der Waals surface area contributed by atoms with Crippen molar-refractivity contribution in [2.45, 2.75) is 52.9 Å². The van der Waals surface area contributed by atoms with Crippen LogP contribution >= 0.6 is 11.3 Å². The number of rotatable bonds is 11. The van der Waals surface area contributed by atoms with Gasteiger partial charge in [0, 0.05) is 49.5 Å². The molecule has 31 heavy (non-hydrogen) atoms. The van der Waals surface area contributed by atoms with Gasteiger partial charge in [0.2, 0.25) is 17.7 Å². The molecule has 2 N–H and O–H groups in total. The number of anilines is 2. The highest BCUT2D eigenvalue weighted by Crippen LogP contribution is 2.28. The lowest BCUT2D eigenvalue weighted by molar-refractivity contribution is -0.131. The van der Waals surface area contributed by atoms with Crippen LogP contribution in [0.5, 0.6) is 0 Å². The summed E-state index contributed by atoms with van der Waals surface area (Å²) in [5.74, 6) is -0.952. The van der Waals surface area contributed by atoms with Crippen LogP contribution < -0.4 is 10.6 Å². The molecule has 1 aromatic carbocycles. The van der Waals surface area contributed by atoms with Gasteiger partial charge in [-0.05, 0) is 37.5 Å². The lowest BCUT2D eigenvalue weighted by Crippen LogP contribution is -2.32. The van der Waals surface area contributed by atoms with Crippen LogP contribution in [0.2, 0.25) is 0 Å². The fourth-order valence-corrected chi connectivity index (χ4v) is 3.83. The molecule has 0 fully saturated rings. The monoisotopic (exact) mass is 448 g/mol. The van der Waals surface area contributed by atoms with E-state index in [-0.39, 0.29) is 29.7 Å². The van der Waals surface area contributed by atoms with Crippen molar-refractivity contribution in [1.29, 1.82) is 0 Å². The zero-order valence-electron chi connectivity index (χ0n) is 18.2. The number of halogens is 1. The minimum atomic E-state index is -0.517. The number of carbonyl (C=O) groups is 3. The first kappa shape index (κ1) is 24.5. The first-order chi connectivity index (χ1) is 14.8. The van der Waals surface area contributed by atoms with Crippen LogP contribution in [0.15, 0.2) is 23.6 Å². The van der Waals surface area contributed by atoms with Crippen LogP contribution in [-0.4, -0.2) is 40.7 Å². The number of nitrogens with zero attached hydrogens (tertiary/aromatic N) is 2. The Hall–Kier alpha value is -2.81. The molecule has 0 aliphatic rings. The highest BCUT2D eigenvalue weighted by Gasteiger charge is 2.14. The second kappa shape index (κ2) is 12.1. The van der Waals surface area contributed by atoms with E-state index in [0.717, 1.165) is 25.9 Å². The average Bonchev–Trinajstić information content (AvgIpc) is 3.15.